The highest BCUT2D eigenvalue weighted by molar-refractivity contribution is 7.89. The molecular formula is C12H13N5O2S. The first kappa shape index (κ1) is 14.2. The molecule has 0 radical (unpaired) electrons. The minimum Gasteiger partial charge on any atom is -0.320 e. The topological polar surface area (TPSA) is 101 Å². The number of benzene rings is 1. The number of aryl methyl sites for hydroxylation is 2. The van der Waals surface area contributed by atoms with Crippen molar-refractivity contribution in [3.05, 3.63) is 41.5 Å². The zero-order valence-electron chi connectivity index (χ0n) is 11.0. The molecule has 1 N–H and O–H groups in total. The molecule has 0 aliphatic heterocycles. The number of nitrogens with one attached hydrogen (secondary N) is 1. The van der Waals surface area contributed by atoms with Crippen LogP contribution in [0.25, 0.3) is 0 Å². The summed E-state index contributed by atoms with van der Waals surface area (Å²) in [6.45, 7) is 1.72. The summed E-state index contributed by atoms with van der Waals surface area (Å²) in [7, 11) is -1.97. The quantitative estimate of drug-likeness (QED) is 0.882. The van der Waals surface area contributed by atoms with Gasteiger partial charge in [0.05, 0.1) is 23.1 Å². The van der Waals surface area contributed by atoms with E-state index in [-0.39, 0.29) is 11.4 Å². The fraction of sp³-hybridized carbons (Fsp3) is 0.250. The second-order valence-electron chi connectivity index (χ2n) is 4.27. The monoisotopic (exact) mass is 291 g/mol. The average molecular weight is 291 g/mol. The highest BCUT2D eigenvalue weighted by Gasteiger charge is 2.18. The highest BCUT2D eigenvalue weighted by atomic mass is 32.2. The molecule has 0 aliphatic carbocycles. The maximum Gasteiger partial charge on any atom is 0.241 e. The van der Waals surface area contributed by atoms with E-state index in [9.17, 15) is 8.42 Å². The van der Waals surface area contributed by atoms with E-state index >= 15 is 0 Å². The molecule has 2 aromatic rings. The van der Waals surface area contributed by atoms with Crippen molar-refractivity contribution in [3.63, 3.8) is 0 Å². The van der Waals surface area contributed by atoms with E-state index in [4.69, 9.17) is 5.26 Å². The summed E-state index contributed by atoms with van der Waals surface area (Å²) in [6.07, 6.45) is 1.49. The zero-order valence-corrected chi connectivity index (χ0v) is 11.8. The second-order valence-corrected chi connectivity index (χ2v) is 6.01. The van der Waals surface area contributed by atoms with Crippen molar-refractivity contribution in [2.75, 3.05) is 0 Å². The second kappa shape index (κ2) is 5.40. The third kappa shape index (κ3) is 2.84. The minimum atomic E-state index is -3.70. The lowest BCUT2D eigenvalue weighted by Gasteiger charge is -2.09. The molecule has 104 valence electrons. The van der Waals surface area contributed by atoms with Crippen LogP contribution in [-0.2, 0) is 23.6 Å². The Labute approximate surface area is 116 Å². The third-order valence-corrected chi connectivity index (χ3v) is 4.38. The number of nitrogens with zero attached hydrogens (tertiary/aromatic N) is 4. The molecule has 1 aromatic heterocycles. The molecule has 0 atom stereocenters. The standard InChI is InChI=1S/C12H13N5O2S/c1-9-3-4-10(6-13)5-11(9)20(18,19)15-7-12-16-14-8-17(12)2/h3-5,8,15H,7H2,1-2H3. The van der Waals surface area contributed by atoms with Gasteiger partial charge in [-0.2, -0.15) is 5.26 Å². The Kier molecular flexibility index (Phi) is 3.83. The molecule has 0 amide bonds. The van der Waals surface area contributed by atoms with Crippen molar-refractivity contribution in [2.24, 2.45) is 7.05 Å². The van der Waals surface area contributed by atoms with Gasteiger partial charge >= 0.3 is 0 Å². The number of hydrogen-bond acceptors (Lipinski definition) is 5. The average Bonchev–Trinajstić information content (AvgIpc) is 2.82. The molecule has 2 rings (SSSR count). The van der Waals surface area contributed by atoms with E-state index in [1.165, 1.54) is 12.4 Å². The number of aromatic nitrogens is 3. The van der Waals surface area contributed by atoms with Gasteiger partial charge in [-0.25, -0.2) is 13.1 Å². The lowest BCUT2D eigenvalue weighted by atomic mass is 10.2. The van der Waals surface area contributed by atoms with Crippen molar-refractivity contribution < 1.29 is 8.42 Å². The molecule has 20 heavy (non-hydrogen) atoms. The Hall–Kier alpha value is -2.24. The predicted molar refractivity (Wildman–Crippen MR) is 70.9 cm³/mol. The summed E-state index contributed by atoms with van der Waals surface area (Å²) in [5.41, 5.74) is 0.879. The van der Waals surface area contributed by atoms with E-state index in [2.05, 4.69) is 14.9 Å². The lowest BCUT2D eigenvalue weighted by Crippen LogP contribution is -2.25. The van der Waals surface area contributed by atoms with Crippen LogP contribution in [0.3, 0.4) is 0 Å². The van der Waals surface area contributed by atoms with Crippen LogP contribution in [0, 0.1) is 18.3 Å². The van der Waals surface area contributed by atoms with Crippen molar-refractivity contribution in [2.45, 2.75) is 18.4 Å². The van der Waals surface area contributed by atoms with Gasteiger partial charge < -0.3 is 4.57 Å². The Morgan fingerprint density at radius 2 is 2.20 bits per heavy atom. The molecule has 8 heteroatoms. The lowest BCUT2D eigenvalue weighted by molar-refractivity contribution is 0.576. The minimum absolute atomic E-state index is 0.0368. The van der Waals surface area contributed by atoms with Gasteiger partial charge in [0.1, 0.15) is 12.2 Å². The molecule has 1 aromatic carbocycles. The van der Waals surface area contributed by atoms with Crippen LogP contribution >= 0.6 is 0 Å². The summed E-state index contributed by atoms with van der Waals surface area (Å²) < 4.78 is 28.6. The highest BCUT2D eigenvalue weighted by Crippen LogP contribution is 2.16. The van der Waals surface area contributed by atoms with Crippen LogP contribution in [-0.4, -0.2) is 23.2 Å². The normalized spacial score (nSPS) is 11.2. The molecule has 0 saturated heterocycles. The smallest absolute Gasteiger partial charge is 0.241 e. The van der Waals surface area contributed by atoms with Crippen LogP contribution in [0.15, 0.2) is 29.4 Å². The first-order chi connectivity index (χ1) is 9.44. The molecule has 0 bridgehead atoms. The molecule has 0 aliphatic rings. The zero-order chi connectivity index (χ0) is 14.8. The Morgan fingerprint density at radius 1 is 1.45 bits per heavy atom. The SMILES string of the molecule is Cc1ccc(C#N)cc1S(=O)(=O)NCc1nncn1C. The van der Waals surface area contributed by atoms with Gasteiger partial charge in [-0.1, -0.05) is 6.07 Å². The molecular weight excluding hydrogens is 278 g/mol. The number of rotatable bonds is 4. The van der Waals surface area contributed by atoms with E-state index in [1.807, 2.05) is 6.07 Å². The van der Waals surface area contributed by atoms with Crippen LogP contribution in [0.2, 0.25) is 0 Å². The first-order valence-corrected chi connectivity index (χ1v) is 7.25. The van der Waals surface area contributed by atoms with E-state index in [0.29, 0.717) is 17.0 Å². The first-order valence-electron chi connectivity index (χ1n) is 5.77. The largest absolute Gasteiger partial charge is 0.320 e. The third-order valence-electron chi connectivity index (χ3n) is 2.83. The summed E-state index contributed by atoms with van der Waals surface area (Å²) in [4.78, 5) is 0.0960. The maximum atomic E-state index is 12.2. The predicted octanol–water partition coefficient (Wildman–Crippen LogP) is 0.474. The van der Waals surface area contributed by atoms with Gasteiger partial charge in [0, 0.05) is 7.05 Å². The fourth-order valence-electron chi connectivity index (χ4n) is 1.66. The Balaban J connectivity index is 2.27. The molecule has 1 heterocycles. The van der Waals surface area contributed by atoms with Crippen molar-refractivity contribution in [1.82, 2.24) is 19.5 Å². The van der Waals surface area contributed by atoms with E-state index < -0.39 is 10.0 Å². The van der Waals surface area contributed by atoms with E-state index in [1.54, 1.807) is 30.7 Å². The van der Waals surface area contributed by atoms with Crippen molar-refractivity contribution in [3.8, 4) is 6.07 Å². The van der Waals surface area contributed by atoms with E-state index in [0.717, 1.165) is 0 Å². The van der Waals surface area contributed by atoms with Gasteiger partial charge in [-0.05, 0) is 24.6 Å². The van der Waals surface area contributed by atoms with Gasteiger partial charge in [0.25, 0.3) is 0 Å². The summed E-state index contributed by atoms with van der Waals surface area (Å²) >= 11 is 0. The number of hydrogen-bond donors (Lipinski definition) is 1. The van der Waals surface area contributed by atoms with Crippen molar-refractivity contribution >= 4 is 10.0 Å². The molecule has 0 saturated carbocycles. The molecule has 0 fully saturated rings. The maximum absolute atomic E-state index is 12.2. The molecule has 0 unspecified atom stereocenters. The van der Waals surface area contributed by atoms with Gasteiger partial charge in [0.2, 0.25) is 10.0 Å². The van der Waals surface area contributed by atoms with Gasteiger partial charge in [-0.3, -0.25) is 0 Å². The van der Waals surface area contributed by atoms with Crippen LogP contribution in [0.5, 0.6) is 0 Å². The summed E-state index contributed by atoms with van der Waals surface area (Å²) in [6, 6.07) is 6.47. The molecule has 0 spiro atoms. The fourth-order valence-corrected chi connectivity index (χ4v) is 2.91. The Bertz CT molecular complexity index is 773. The van der Waals surface area contributed by atoms with Crippen LogP contribution in [0.4, 0.5) is 0 Å². The molecule has 7 nitrogen and oxygen atoms in total. The Morgan fingerprint density at radius 3 is 2.80 bits per heavy atom. The van der Waals surface area contributed by atoms with Crippen LogP contribution < -0.4 is 4.72 Å². The van der Waals surface area contributed by atoms with Crippen LogP contribution in [0.1, 0.15) is 17.0 Å². The van der Waals surface area contributed by atoms with Crippen molar-refractivity contribution in [1.29, 1.82) is 5.26 Å². The number of sulfonamides is 1. The number of nitriles is 1. The van der Waals surface area contributed by atoms with Gasteiger partial charge in [-0.15, -0.1) is 10.2 Å². The summed E-state index contributed by atoms with van der Waals surface area (Å²) in [5, 5.41) is 16.3. The van der Waals surface area contributed by atoms with Gasteiger partial charge in [0.15, 0.2) is 0 Å². The summed E-state index contributed by atoms with van der Waals surface area (Å²) in [5.74, 6) is 0.502.